The van der Waals surface area contributed by atoms with Gasteiger partial charge in [0.25, 0.3) is 0 Å². The van der Waals surface area contributed by atoms with Gasteiger partial charge >= 0.3 is 0 Å². The molecule has 4 nitrogen and oxygen atoms in total. The maximum Gasteiger partial charge on any atom is 0.130 e. The molecule has 0 fully saturated rings. The molecule has 0 aliphatic carbocycles. The summed E-state index contributed by atoms with van der Waals surface area (Å²) < 4.78 is 37.6. The van der Waals surface area contributed by atoms with E-state index >= 15 is 0 Å². The Labute approximate surface area is 147 Å². The molecule has 0 spiro atoms. The standard InChI is InChI=1S/C19H25F2NO3/c1-3-14(2)22(10-15-6-7-16(20)9-19(15)21)11-17(23)12-24-13-18-5-4-8-25-18/h4-9,14,17,23H,3,10-13H2,1-2H3. The van der Waals surface area contributed by atoms with Crippen LogP contribution in [0.3, 0.4) is 0 Å². The lowest BCUT2D eigenvalue weighted by molar-refractivity contribution is -0.00290. The molecule has 1 aromatic heterocycles. The zero-order valence-electron chi connectivity index (χ0n) is 14.6. The Morgan fingerprint density at radius 1 is 1.28 bits per heavy atom. The van der Waals surface area contributed by atoms with E-state index in [2.05, 4.69) is 0 Å². The average molecular weight is 353 g/mol. The van der Waals surface area contributed by atoms with Gasteiger partial charge in [-0.15, -0.1) is 0 Å². The van der Waals surface area contributed by atoms with E-state index in [1.807, 2.05) is 18.7 Å². The van der Waals surface area contributed by atoms with Gasteiger partial charge in [0.15, 0.2) is 0 Å². The van der Waals surface area contributed by atoms with E-state index in [-0.39, 0.29) is 12.6 Å². The van der Waals surface area contributed by atoms with Crippen molar-refractivity contribution in [2.45, 2.75) is 45.6 Å². The van der Waals surface area contributed by atoms with Crippen LogP contribution in [0.15, 0.2) is 41.0 Å². The lowest BCUT2D eigenvalue weighted by atomic mass is 10.1. The Morgan fingerprint density at radius 3 is 2.72 bits per heavy atom. The fourth-order valence-corrected chi connectivity index (χ4v) is 2.54. The molecule has 2 aromatic rings. The van der Waals surface area contributed by atoms with Crippen LogP contribution in [0.4, 0.5) is 8.78 Å². The summed E-state index contributed by atoms with van der Waals surface area (Å²) in [6.07, 6.45) is 1.70. The third kappa shape index (κ3) is 6.23. The summed E-state index contributed by atoms with van der Waals surface area (Å²) in [6, 6.07) is 7.29. The number of aliphatic hydroxyl groups is 1. The first-order valence-corrected chi connectivity index (χ1v) is 8.45. The summed E-state index contributed by atoms with van der Waals surface area (Å²) in [6.45, 7) is 5.12. The van der Waals surface area contributed by atoms with Gasteiger partial charge in [-0.25, -0.2) is 8.78 Å². The Balaban J connectivity index is 1.90. The molecule has 6 heteroatoms. The molecule has 2 rings (SSSR count). The molecule has 0 radical (unpaired) electrons. The summed E-state index contributed by atoms with van der Waals surface area (Å²) in [5, 5.41) is 10.2. The Morgan fingerprint density at radius 2 is 2.08 bits per heavy atom. The van der Waals surface area contributed by atoms with Crippen molar-refractivity contribution in [1.82, 2.24) is 4.90 Å². The molecule has 0 amide bonds. The van der Waals surface area contributed by atoms with Gasteiger partial charge in [-0.05, 0) is 31.5 Å². The third-order valence-electron chi connectivity index (χ3n) is 4.18. The summed E-state index contributed by atoms with van der Waals surface area (Å²) in [5.41, 5.74) is 0.408. The van der Waals surface area contributed by atoms with Crippen LogP contribution in [0.5, 0.6) is 0 Å². The van der Waals surface area contributed by atoms with Crippen molar-refractivity contribution in [3.05, 3.63) is 59.6 Å². The van der Waals surface area contributed by atoms with Crippen LogP contribution in [0, 0.1) is 11.6 Å². The number of hydrogen-bond donors (Lipinski definition) is 1. The first-order chi connectivity index (χ1) is 12.0. The van der Waals surface area contributed by atoms with Crippen LogP contribution in [-0.2, 0) is 17.9 Å². The van der Waals surface area contributed by atoms with E-state index in [9.17, 15) is 13.9 Å². The van der Waals surface area contributed by atoms with Crippen LogP contribution in [0.1, 0.15) is 31.6 Å². The maximum atomic E-state index is 13.9. The summed E-state index contributed by atoms with van der Waals surface area (Å²) in [5.74, 6) is -0.473. The Bertz CT molecular complexity index is 634. The minimum Gasteiger partial charge on any atom is -0.467 e. The molecule has 138 valence electrons. The van der Waals surface area contributed by atoms with Gasteiger partial charge in [0.05, 0.1) is 19.0 Å². The van der Waals surface area contributed by atoms with E-state index in [0.29, 0.717) is 31.0 Å². The highest BCUT2D eigenvalue weighted by Gasteiger charge is 2.19. The molecule has 25 heavy (non-hydrogen) atoms. The van der Waals surface area contributed by atoms with E-state index in [1.54, 1.807) is 18.4 Å². The highest BCUT2D eigenvalue weighted by molar-refractivity contribution is 5.18. The van der Waals surface area contributed by atoms with Crippen molar-refractivity contribution >= 4 is 0 Å². The van der Waals surface area contributed by atoms with Crippen LogP contribution in [-0.4, -0.2) is 35.3 Å². The van der Waals surface area contributed by atoms with Gasteiger partial charge in [-0.2, -0.15) is 0 Å². The van der Waals surface area contributed by atoms with E-state index in [0.717, 1.165) is 12.5 Å². The van der Waals surface area contributed by atoms with Crippen molar-refractivity contribution in [3.63, 3.8) is 0 Å². The highest BCUT2D eigenvalue weighted by Crippen LogP contribution is 2.16. The maximum absolute atomic E-state index is 13.9. The highest BCUT2D eigenvalue weighted by atomic mass is 19.1. The lowest BCUT2D eigenvalue weighted by Gasteiger charge is -2.30. The lowest BCUT2D eigenvalue weighted by Crippen LogP contribution is -2.40. The second-order valence-electron chi connectivity index (χ2n) is 6.17. The second-order valence-corrected chi connectivity index (χ2v) is 6.17. The SMILES string of the molecule is CCC(C)N(Cc1ccc(F)cc1F)CC(O)COCc1ccco1. The van der Waals surface area contributed by atoms with Gasteiger partial charge in [-0.1, -0.05) is 13.0 Å². The van der Waals surface area contributed by atoms with Gasteiger partial charge in [0, 0.05) is 30.8 Å². The number of rotatable bonds is 10. The van der Waals surface area contributed by atoms with E-state index < -0.39 is 17.7 Å². The minimum atomic E-state index is -0.715. The number of nitrogens with zero attached hydrogens (tertiary/aromatic N) is 1. The number of furan rings is 1. The molecule has 0 aliphatic rings. The summed E-state index contributed by atoms with van der Waals surface area (Å²) >= 11 is 0. The zero-order chi connectivity index (χ0) is 18.2. The predicted octanol–water partition coefficient (Wildman–Crippen LogP) is 3.74. The fraction of sp³-hybridized carbons (Fsp3) is 0.474. The third-order valence-corrected chi connectivity index (χ3v) is 4.18. The minimum absolute atomic E-state index is 0.143. The topological polar surface area (TPSA) is 45.8 Å². The first kappa shape index (κ1) is 19.6. The molecular formula is C19H25F2NO3. The quantitative estimate of drug-likeness (QED) is 0.707. The number of hydrogen-bond acceptors (Lipinski definition) is 4. The molecule has 0 aliphatic heterocycles. The van der Waals surface area contributed by atoms with Crippen LogP contribution in [0.2, 0.25) is 0 Å². The molecule has 1 heterocycles. The van der Waals surface area contributed by atoms with Crippen molar-refractivity contribution in [1.29, 1.82) is 0 Å². The Kier molecular flexibility index (Phi) is 7.55. The molecule has 0 bridgehead atoms. The van der Waals surface area contributed by atoms with Crippen LogP contribution >= 0.6 is 0 Å². The largest absolute Gasteiger partial charge is 0.467 e. The first-order valence-electron chi connectivity index (χ1n) is 8.45. The van der Waals surface area contributed by atoms with Gasteiger partial charge < -0.3 is 14.3 Å². The molecule has 0 saturated heterocycles. The number of halogens is 2. The fourth-order valence-electron chi connectivity index (χ4n) is 2.54. The zero-order valence-corrected chi connectivity index (χ0v) is 14.6. The van der Waals surface area contributed by atoms with Crippen molar-refractivity contribution in [2.24, 2.45) is 0 Å². The van der Waals surface area contributed by atoms with E-state index in [1.165, 1.54) is 12.1 Å². The molecule has 1 N–H and O–H groups in total. The van der Waals surface area contributed by atoms with Crippen molar-refractivity contribution < 1.29 is 23.0 Å². The summed E-state index contributed by atoms with van der Waals surface area (Å²) in [7, 11) is 0. The van der Waals surface area contributed by atoms with Crippen molar-refractivity contribution in [2.75, 3.05) is 13.2 Å². The Hall–Kier alpha value is -1.76. The normalized spacial score (nSPS) is 14.0. The molecule has 2 unspecified atom stereocenters. The molecule has 0 saturated carbocycles. The molecule has 1 aromatic carbocycles. The van der Waals surface area contributed by atoms with Crippen LogP contribution < -0.4 is 0 Å². The van der Waals surface area contributed by atoms with E-state index in [4.69, 9.17) is 9.15 Å². The monoisotopic (exact) mass is 353 g/mol. The smallest absolute Gasteiger partial charge is 0.130 e. The molecular weight excluding hydrogens is 328 g/mol. The average Bonchev–Trinajstić information content (AvgIpc) is 3.09. The van der Waals surface area contributed by atoms with Gasteiger partial charge in [-0.3, -0.25) is 4.90 Å². The second kappa shape index (κ2) is 9.65. The molecule has 2 atom stereocenters. The number of aliphatic hydroxyl groups excluding tert-OH is 1. The van der Waals surface area contributed by atoms with Gasteiger partial charge in [0.1, 0.15) is 24.0 Å². The predicted molar refractivity (Wildman–Crippen MR) is 90.9 cm³/mol. The number of benzene rings is 1. The van der Waals surface area contributed by atoms with Crippen molar-refractivity contribution in [3.8, 4) is 0 Å². The van der Waals surface area contributed by atoms with Crippen LogP contribution in [0.25, 0.3) is 0 Å². The van der Waals surface area contributed by atoms with Gasteiger partial charge in [0.2, 0.25) is 0 Å². The number of ether oxygens (including phenoxy) is 1. The summed E-state index contributed by atoms with van der Waals surface area (Å²) in [4.78, 5) is 1.97.